The Kier molecular flexibility index (Phi) is 17.7. The maximum Gasteiger partial charge on any atom is 0.305 e. The van der Waals surface area contributed by atoms with Crippen LogP contribution in [0.5, 0.6) is 0 Å². The van der Waals surface area contributed by atoms with Crippen molar-refractivity contribution in [2.24, 2.45) is 0 Å². The first-order chi connectivity index (χ1) is 30.5. The molecular formula is C48H54O15. The number of carbonyl (C=O) groups excluding carboxylic acids is 4. The van der Waals surface area contributed by atoms with Crippen LogP contribution in [0, 0.1) is 0 Å². The molecule has 4 aromatic rings. The Morgan fingerprint density at radius 2 is 0.762 bits per heavy atom. The molecule has 63 heavy (non-hydrogen) atoms. The highest BCUT2D eigenvalue weighted by atomic mass is 16.8. The number of benzene rings is 4. The average molecular weight is 871 g/mol. The van der Waals surface area contributed by atoms with Crippen LogP contribution in [-0.4, -0.2) is 98.5 Å². The zero-order chi connectivity index (χ0) is 44.6. The Bertz CT molecular complexity index is 2020. The largest absolute Gasteiger partial charge is 0.456 e. The van der Waals surface area contributed by atoms with Gasteiger partial charge in [-0.15, -0.1) is 0 Å². The monoisotopic (exact) mass is 870 g/mol. The molecule has 0 aromatic heterocycles. The van der Waals surface area contributed by atoms with Crippen molar-refractivity contribution < 1.29 is 71.3 Å². The summed E-state index contributed by atoms with van der Waals surface area (Å²) in [6, 6.07) is 38.6. The molecule has 0 aliphatic carbocycles. The van der Waals surface area contributed by atoms with Gasteiger partial charge in [0.05, 0.1) is 39.6 Å². The van der Waals surface area contributed by atoms with E-state index in [4.69, 9.17) is 52.1 Å². The number of hydrogen-bond donors (Lipinski definition) is 0. The summed E-state index contributed by atoms with van der Waals surface area (Å²) in [5.74, 6) is -3.14. The van der Waals surface area contributed by atoms with Gasteiger partial charge in [0, 0.05) is 27.7 Å². The Balaban J connectivity index is 1.36. The summed E-state index contributed by atoms with van der Waals surface area (Å²) in [5.41, 5.74) is 3.64. The van der Waals surface area contributed by atoms with E-state index < -0.39 is 91.9 Å². The first kappa shape index (κ1) is 47.0. The molecule has 15 heteroatoms. The Morgan fingerprint density at radius 1 is 0.381 bits per heavy atom. The third-order valence-corrected chi connectivity index (χ3v) is 10.0. The zero-order valence-corrected chi connectivity index (χ0v) is 35.7. The van der Waals surface area contributed by atoms with E-state index in [2.05, 4.69) is 0 Å². The van der Waals surface area contributed by atoms with E-state index in [1.807, 2.05) is 121 Å². The normalized spacial score (nSPS) is 25.7. The van der Waals surface area contributed by atoms with E-state index in [0.717, 1.165) is 49.9 Å². The molecule has 2 saturated heterocycles. The fourth-order valence-corrected chi connectivity index (χ4v) is 7.32. The second kappa shape index (κ2) is 23.8. The molecule has 0 N–H and O–H groups in total. The maximum atomic E-state index is 12.6. The van der Waals surface area contributed by atoms with Gasteiger partial charge in [-0.3, -0.25) is 19.2 Å². The van der Waals surface area contributed by atoms with E-state index in [9.17, 15) is 19.2 Å². The van der Waals surface area contributed by atoms with Crippen molar-refractivity contribution in [1.82, 2.24) is 0 Å². The van der Waals surface area contributed by atoms with Gasteiger partial charge in [0.25, 0.3) is 0 Å². The number of hydrogen-bond acceptors (Lipinski definition) is 15. The van der Waals surface area contributed by atoms with Gasteiger partial charge in [-0.2, -0.15) is 0 Å². The van der Waals surface area contributed by atoms with Crippen LogP contribution < -0.4 is 0 Å². The number of ether oxygens (including phenoxy) is 11. The predicted molar refractivity (Wildman–Crippen MR) is 223 cm³/mol. The molecule has 4 aromatic carbocycles. The van der Waals surface area contributed by atoms with Gasteiger partial charge in [-0.1, -0.05) is 121 Å². The second-order valence-electron chi connectivity index (χ2n) is 15.0. The molecule has 0 amide bonds. The number of carbonyl (C=O) groups is 4. The standard InChI is InChI=1S/C48H54O15/c1-31(49)58-42-40(63-48(61-34(4)52)46(60-33(3)51)44(42)59-32(2)50)30-57-47-45(56-28-38-23-15-8-16-24-38)43(55-27-37-21-13-7-14-22-37)41(54-26-36-19-11-6-12-20-36)39(62-47)29-53-25-35-17-9-5-10-18-35/h5-24,39-48H,25-30H2,1-4H3. The lowest BCUT2D eigenvalue weighted by atomic mass is 9.97. The molecule has 2 heterocycles. The van der Waals surface area contributed by atoms with E-state index in [-0.39, 0.29) is 33.0 Å². The molecule has 2 aliphatic heterocycles. The van der Waals surface area contributed by atoms with E-state index >= 15 is 0 Å². The van der Waals surface area contributed by atoms with Crippen LogP contribution in [0.2, 0.25) is 0 Å². The van der Waals surface area contributed by atoms with Gasteiger partial charge >= 0.3 is 23.9 Å². The first-order valence-corrected chi connectivity index (χ1v) is 20.7. The summed E-state index contributed by atoms with van der Waals surface area (Å²) in [4.78, 5) is 49.7. The lowest BCUT2D eigenvalue weighted by Crippen LogP contribution is -2.64. The second-order valence-corrected chi connectivity index (χ2v) is 15.0. The molecule has 0 spiro atoms. The minimum absolute atomic E-state index is 0.0495. The molecule has 0 radical (unpaired) electrons. The van der Waals surface area contributed by atoms with E-state index in [1.165, 1.54) is 0 Å². The fraction of sp³-hybridized carbons (Fsp3) is 0.417. The van der Waals surface area contributed by atoms with Crippen LogP contribution in [0.3, 0.4) is 0 Å². The third kappa shape index (κ3) is 14.2. The van der Waals surface area contributed by atoms with Crippen molar-refractivity contribution in [3.8, 4) is 0 Å². The molecular weight excluding hydrogens is 817 g/mol. The molecule has 0 saturated carbocycles. The molecule has 6 rings (SSSR count). The van der Waals surface area contributed by atoms with Crippen LogP contribution in [0.25, 0.3) is 0 Å². The van der Waals surface area contributed by atoms with Crippen molar-refractivity contribution in [3.63, 3.8) is 0 Å². The lowest BCUT2D eigenvalue weighted by molar-refractivity contribution is -0.343. The molecule has 10 atom stereocenters. The van der Waals surface area contributed by atoms with Gasteiger partial charge in [-0.05, 0) is 22.3 Å². The van der Waals surface area contributed by atoms with E-state index in [0.29, 0.717) is 0 Å². The SMILES string of the molecule is CC(=O)OC1OC(COC2OC(COCc3ccccc3)C(OCc3ccccc3)C(OCc3ccccc3)C2OCc2ccccc2)C(OC(C)=O)C(OC(C)=O)C1OC(C)=O. The maximum absolute atomic E-state index is 12.6. The van der Waals surface area contributed by atoms with Crippen molar-refractivity contribution in [1.29, 1.82) is 0 Å². The Hall–Kier alpha value is -5.52. The number of rotatable bonds is 20. The summed E-state index contributed by atoms with van der Waals surface area (Å²) in [5, 5.41) is 0. The van der Waals surface area contributed by atoms with Crippen molar-refractivity contribution in [3.05, 3.63) is 144 Å². The van der Waals surface area contributed by atoms with Gasteiger partial charge < -0.3 is 52.1 Å². The molecule has 10 unspecified atom stereocenters. The van der Waals surface area contributed by atoms with Gasteiger partial charge in [0.15, 0.2) is 18.5 Å². The lowest BCUT2D eigenvalue weighted by Gasteiger charge is -2.47. The average Bonchev–Trinajstić information content (AvgIpc) is 3.27. The molecule has 0 bridgehead atoms. The molecule has 2 aliphatic rings. The van der Waals surface area contributed by atoms with Crippen molar-refractivity contribution in [2.75, 3.05) is 13.2 Å². The smallest absolute Gasteiger partial charge is 0.305 e. The molecule has 336 valence electrons. The van der Waals surface area contributed by atoms with E-state index in [1.54, 1.807) is 0 Å². The van der Waals surface area contributed by atoms with Crippen LogP contribution in [0.1, 0.15) is 49.9 Å². The summed E-state index contributed by atoms with van der Waals surface area (Å²) in [6.45, 7) is 4.98. The highest BCUT2D eigenvalue weighted by Crippen LogP contribution is 2.34. The first-order valence-electron chi connectivity index (χ1n) is 20.7. The highest BCUT2D eigenvalue weighted by Gasteiger charge is 2.55. The predicted octanol–water partition coefficient (Wildman–Crippen LogP) is 5.78. The summed E-state index contributed by atoms with van der Waals surface area (Å²) in [7, 11) is 0. The third-order valence-electron chi connectivity index (χ3n) is 10.0. The zero-order valence-electron chi connectivity index (χ0n) is 35.7. The summed E-state index contributed by atoms with van der Waals surface area (Å²) < 4.78 is 68.3. The summed E-state index contributed by atoms with van der Waals surface area (Å²) in [6.07, 6.45) is -11.9. The molecule has 15 nitrogen and oxygen atoms in total. The minimum Gasteiger partial charge on any atom is -0.456 e. The van der Waals surface area contributed by atoms with Crippen LogP contribution in [0.4, 0.5) is 0 Å². The topological polar surface area (TPSA) is 170 Å². The number of esters is 4. The Labute approximate surface area is 366 Å². The van der Waals surface area contributed by atoms with Gasteiger partial charge in [0.1, 0.15) is 30.5 Å². The van der Waals surface area contributed by atoms with Crippen LogP contribution in [-0.2, 0) is 97.7 Å². The Morgan fingerprint density at radius 3 is 1.24 bits per heavy atom. The van der Waals surface area contributed by atoms with Crippen LogP contribution >= 0.6 is 0 Å². The minimum atomic E-state index is -1.59. The molecule has 2 fully saturated rings. The fourth-order valence-electron chi connectivity index (χ4n) is 7.32. The summed E-state index contributed by atoms with van der Waals surface area (Å²) >= 11 is 0. The highest BCUT2D eigenvalue weighted by molar-refractivity contribution is 5.69. The van der Waals surface area contributed by atoms with Crippen molar-refractivity contribution in [2.45, 2.75) is 116 Å². The van der Waals surface area contributed by atoms with Gasteiger partial charge in [0.2, 0.25) is 12.4 Å². The van der Waals surface area contributed by atoms with Crippen LogP contribution in [0.15, 0.2) is 121 Å². The quantitative estimate of drug-likeness (QED) is 0.0773. The van der Waals surface area contributed by atoms with Crippen molar-refractivity contribution >= 4 is 23.9 Å². The van der Waals surface area contributed by atoms with Gasteiger partial charge in [-0.25, -0.2) is 0 Å².